The van der Waals surface area contributed by atoms with Crippen LogP contribution in [0.3, 0.4) is 0 Å². The molecule has 0 fully saturated rings. The third-order valence-electron chi connectivity index (χ3n) is 28.1. The van der Waals surface area contributed by atoms with Crippen LogP contribution in [0.2, 0.25) is 0 Å². The van der Waals surface area contributed by atoms with Gasteiger partial charge in [0, 0.05) is 88.9 Å². The van der Waals surface area contributed by atoms with Gasteiger partial charge in [0.1, 0.15) is 23.0 Å². The number of rotatable bonds is 10. The summed E-state index contributed by atoms with van der Waals surface area (Å²) in [5.41, 5.74) is 42.6. The van der Waals surface area contributed by atoms with Gasteiger partial charge < -0.3 is 28.4 Å². The predicted octanol–water partition coefficient (Wildman–Crippen LogP) is 24.5. The van der Waals surface area contributed by atoms with Crippen molar-refractivity contribution in [3.05, 3.63) is 418 Å². The molecule has 590 valence electrons. The van der Waals surface area contributed by atoms with Crippen molar-refractivity contribution >= 4 is 147 Å². The van der Waals surface area contributed by atoms with Crippen LogP contribution in [0.1, 0.15) is 26.3 Å². The Morgan fingerprint density at radius 1 is 0.228 bits per heavy atom. The lowest BCUT2D eigenvalue weighted by Gasteiger charge is -2.48. The quantitative estimate of drug-likeness (QED) is 0.128. The summed E-state index contributed by atoms with van der Waals surface area (Å²) in [4.78, 5) is 5.51. The van der Waals surface area contributed by atoms with Crippen LogP contribution in [0.25, 0.3) is 144 Å². The van der Waals surface area contributed by atoms with E-state index < -0.39 is 18.8 Å². The molecular formula is C118H77B3N4O2. The number of hydrogen-bond acceptors (Lipinski definition) is 4. The smallest absolute Gasteiger partial charge is 0.260 e. The molecule has 127 heavy (non-hydrogen) atoms. The number of benzene rings is 19. The van der Waals surface area contributed by atoms with E-state index >= 15 is 0 Å². The van der Waals surface area contributed by atoms with Gasteiger partial charge in [-0.15, -0.1) is 0 Å². The summed E-state index contributed by atoms with van der Waals surface area (Å²) in [6.45, 7) is 6.02. The molecule has 2 aromatic heterocycles. The van der Waals surface area contributed by atoms with Gasteiger partial charge in [0.2, 0.25) is 0 Å². The van der Waals surface area contributed by atoms with E-state index in [1.165, 1.54) is 49.2 Å². The molecule has 0 spiro atoms. The Balaban J connectivity index is 0.860. The van der Waals surface area contributed by atoms with Crippen molar-refractivity contribution in [1.82, 2.24) is 9.13 Å². The molecule has 9 heteroatoms. The highest BCUT2D eigenvalue weighted by molar-refractivity contribution is 7.06. The van der Waals surface area contributed by atoms with E-state index in [0.29, 0.717) is 0 Å². The molecule has 6 aliphatic rings. The molecule has 0 saturated heterocycles. The average Bonchev–Trinajstić information content (AvgIpc) is 1.58. The lowest BCUT2D eigenvalue weighted by Crippen LogP contribution is -2.67. The molecule has 0 radical (unpaired) electrons. The van der Waals surface area contributed by atoms with Crippen molar-refractivity contribution in [2.75, 3.05) is 9.80 Å². The summed E-state index contributed by atoms with van der Waals surface area (Å²) in [5.74, 6) is 3.31. The first-order valence-corrected chi connectivity index (χ1v) is 44.4. The Bertz CT molecular complexity index is 8070. The highest BCUT2D eigenvalue weighted by atomic mass is 16.5. The highest BCUT2D eigenvalue weighted by Gasteiger charge is 2.55. The van der Waals surface area contributed by atoms with Gasteiger partial charge in [0.15, 0.2) is 0 Å². The summed E-state index contributed by atoms with van der Waals surface area (Å²) in [6, 6.07) is 155. The third kappa shape index (κ3) is 10.5. The fourth-order valence-electron chi connectivity index (χ4n) is 22.6. The van der Waals surface area contributed by atoms with Crippen LogP contribution in [-0.4, -0.2) is 29.3 Å². The highest BCUT2D eigenvalue weighted by Crippen LogP contribution is 2.57. The lowest BCUT2D eigenvalue weighted by molar-refractivity contribution is 0.471. The normalized spacial score (nSPS) is 13.2. The lowest BCUT2D eigenvalue weighted by atomic mass is 9.28. The van der Waals surface area contributed by atoms with E-state index in [2.05, 4.69) is 452 Å². The number of nitrogens with zero attached hydrogens (tertiary/aromatic N) is 4. The molecule has 6 aliphatic heterocycles. The minimum Gasteiger partial charge on any atom is -0.459 e. The van der Waals surface area contributed by atoms with Gasteiger partial charge in [0.05, 0.1) is 27.9 Å². The van der Waals surface area contributed by atoms with Crippen LogP contribution in [0.15, 0.2) is 413 Å². The van der Waals surface area contributed by atoms with Crippen LogP contribution in [0.4, 0.5) is 34.1 Å². The zero-order chi connectivity index (χ0) is 83.6. The molecule has 0 amide bonds. The fraction of sp³-hybridized carbons (Fsp3) is 0.0339. The molecule has 6 nitrogen and oxygen atoms in total. The van der Waals surface area contributed by atoms with Gasteiger partial charge in [0.25, 0.3) is 20.1 Å². The molecular weight excluding hydrogens is 1540 g/mol. The summed E-state index contributed by atoms with van der Waals surface area (Å²) in [5, 5.41) is 4.54. The second kappa shape index (κ2) is 27.3. The van der Waals surface area contributed by atoms with Crippen molar-refractivity contribution in [3.8, 4) is 123 Å². The van der Waals surface area contributed by atoms with E-state index in [1.807, 2.05) is 0 Å². The molecule has 8 heterocycles. The van der Waals surface area contributed by atoms with E-state index in [1.54, 1.807) is 0 Å². The maximum absolute atomic E-state index is 8.27. The van der Waals surface area contributed by atoms with Crippen LogP contribution < -0.4 is 68.4 Å². The van der Waals surface area contributed by atoms with Crippen molar-refractivity contribution in [2.24, 2.45) is 0 Å². The number of para-hydroxylation sites is 4. The number of hydrogen-bond donors (Lipinski definition) is 0. The molecule has 19 aromatic carbocycles. The second-order valence-corrected chi connectivity index (χ2v) is 35.9. The van der Waals surface area contributed by atoms with Gasteiger partial charge in [-0.3, -0.25) is 0 Å². The Morgan fingerprint density at radius 3 is 1.15 bits per heavy atom. The Labute approximate surface area is 738 Å². The van der Waals surface area contributed by atoms with Crippen molar-refractivity contribution in [1.29, 1.82) is 0 Å². The molecule has 27 rings (SSSR count). The van der Waals surface area contributed by atoms with Gasteiger partial charge in [-0.05, 0) is 170 Å². The zero-order valence-corrected chi connectivity index (χ0v) is 70.1. The first-order chi connectivity index (χ1) is 62.7. The first-order valence-electron chi connectivity index (χ1n) is 44.4. The summed E-state index contributed by atoms with van der Waals surface area (Å²) in [7, 11) is 0. The molecule has 0 atom stereocenters. The molecule has 0 aliphatic carbocycles. The van der Waals surface area contributed by atoms with Crippen molar-refractivity contribution < 1.29 is 9.47 Å². The largest absolute Gasteiger partial charge is 0.459 e. The number of anilines is 6. The van der Waals surface area contributed by atoms with Crippen LogP contribution in [0.5, 0.6) is 23.0 Å². The Morgan fingerprint density at radius 2 is 0.638 bits per heavy atom. The van der Waals surface area contributed by atoms with E-state index in [-0.39, 0.29) is 6.71 Å². The van der Waals surface area contributed by atoms with Gasteiger partial charge in [-0.2, -0.15) is 0 Å². The molecule has 0 saturated carbocycles. The van der Waals surface area contributed by atoms with Crippen molar-refractivity contribution in [2.45, 2.75) is 26.2 Å². The van der Waals surface area contributed by atoms with Crippen LogP contribution in [0, 0.1) is 0 Å². The third-order valence-corrected chi connectivity index (χ3v) is 28.1. The SMILES string of the molecule is CC(C)(C)c1cc2c3c(c1)N(c1c(-c4ccccc4)cccc1-c1ccccc1)c1cc4c5c(c1B3c1ccc(-c3ccccc3)cc1N2c1c(-c2ccccc2)cccc1-c1ccccc1)-n1c2ccccc2c2cccc(c21)B5c1c2c3c(c5c6ccc(-c7ccccc7)cc6n-4c15)Oc1ccc(-c4ccccc4)cc1B3c1cc(-c3ccccc3)ccc1O2. The predicted molar refractivity (Wildman–Crippen MR) is 534 cm³/mol. The van der Waals surface area contributed by atoms with Crippen molar-refractivity contribution in [3.63, 3.8) is 0 Å². The number of ether oxygens (including phenoxy) is 2. The summed E-state index contributed by atoms with van der Waals surface area (Å²) in [6.07, 6.45) is 0. The van der Waals surface area contributed by atoms with Gasteiger partial charge in [-0.25, -0.2) is 0 Å². The fourth-order valence-corrected chi connectivity index (χ4v) is 22.6. The topological polar surface area (TPSA) is 34.8 Å². The van der Waals surface area contributed by atoms with Crippen LogP contribution in [-0.2, 0) is 5.41 Å². The monoisotopic (exact) mass is 1610 g/mol. The summed E-state index contributed by atoms with van der Waals surface area (Å²) >= 11 is 0. The minimum absolute atomic E-state index is 0.329. The Hall–Kier alpha value is -15.8. The number of aromatic nitrogens is 2. The maximum atomic E-state index is 8.27. The molecule has 0 unspecified atom stereocenters. The number of fused-ring (bicyclic) bond motifs is 21. The first kappa shape index (κ1) is 71.7. The average molecular weight is 1620 g/mol. The summed E-state index contributed by atoms with van der Waals surface area (Å²) < 4.78 is 21.8. The second-order valence-electron chi connectivity index (χ2n) is 35.9. The molecule has 0 bridgehead atoms. The standard InChI is InChI=1S/C118H77B3N4O2/c1-118(2,3)84-69-99-106-100(70-84)124(112-87(78-45-24-10-25-46-78)52-31-53-88(112)79-47-26-11-27-48-79)102-71-101-108-115(107(102)120(106)92-62-58-83(75-39-18-7-19-40-75)68-98(92)123(99)111-85(76-41-20-8-21-42-76)50-30-51-86(111)77-43-22-9-23-44-77)125-96-56-29-28-49-89(96)90-54-32-55-93(113(90)125)121(108)109-114-105(91-61-57-82(67-97(91)122(101)114)74-37-16-6-17-38-74)116-110-117(109)127-104-64-60-81(73-35-14-5-15-36-73)66-95(104)119(110)94-65-80(59-63-103(94)126-116)72-33-12-4-13-34-72/h4-71H,1-3H3. The van der Waals surface area contributed by atoms with E-state index in [9.17, 15) is 0 Å². The zero-order valence-electron chi connectivity index (χ0n) is 70.1. The van der Waals surface area contributed by atoms with Gasteiger partial charge in [-0.1, -0.05) is 385 Å². The molecule has 0 N–H and O–H groups in total. The maximum Gasteiger partial charge on any atom is 0.260 e. The van der Waals surface area contributed by atoms with E-state index in [4.69, 9.17) is 9.47 Å². The van der Waals surface area contributed by atoms with Crippen LogP contribution >= 0.6 is 0 Å². The molecule has 21 aromatic rings. The minimum atomic E-state index is -0.438. The Kier molecular flexibility index (Phi) is 15.4. The van der Waals surface area contributed by atoms with Gasteiger partial charge >= 0.3 is 0 Å². The van der Waals surface area contributed by atoms with E-state index in [0.717, 1.165) is 207 Å².